The molecule has 0 radical (unpaired) electrons. The number of anilines is 1. The van der Waals surface area contributed by atoms with Crippen LogP contribution >= 0.6 is 0 Å². The summed E-state index contributed by atoms with van der Waals surface area (Å²) in [5.74, 6) is -0.206. The first-order chi connectivity index (χ1) is 15.6. The zero-order valence-electron chi connectivity index (χ0n) is 18.1. The average Bonchev–Trinajstić information content (AvgIpc) is 2.86. The van der Waals surface area contributed by atoms with Crippen molar-refractivity contribution in [3.63, 3.8) is 0 Å². The number of sulfonamides is 1. The molecule has 1 fully saturated rings. The first-order valence-electron chi connectivity index (χ1n) is 11.1. The van der Waals surface area contributed by atoms with Gasteiger partial charge in [-0.1, -0.05) is 61.0 Å². The summed E-state index contributed by atoms with van der Waals surface area (Å²) in [7, 11) is -3.60. The van der Waals surface area contributed by atoms with Crippen LogP contribution in [0.5, 0.6) is 0 Å². The zero-order valence-corrected chi connectivity index (χ0v) is 18.9. The predicted molar refractivity (Wildman–Crippen MR) is 127 cm³/mol. The second-order valence-corrected chi connectivity index (χ2v) is 9.96. The molecule has 4 rings (SSSR count). The summed E-state index contributed by atoms with van der Waals surface area (Å²) in [6, 6.07) is 26.0. The number of hydrogen-bond donors (Lipinski definition) is 0. The fourth-order valence-corrected chi connectivity index (χ4v) is 5.60. The van der Waals surface area contributed by atoms with Crippen LogP contribution in [0.2, 0.25) is 0 Å². The number of rotatable bonds is 7. The molecule has 0 spiro atoms. The Hall–Kier alpha value is -2.96. The molecule has 1 aliphatic heterocycles. The van der Waals surface area contributed by atoms with Crippen LogP contribution in [-0.2, 0) is 16.4 Å². The summed E-state index contributed by atoms with van der Waals surface area (Å²) in [4.78, 5) is 15.4. The number of hydrogen-bond acceptors (Lipinski definition) is 3. The van der Waals surface area contributed by atoms with E-state index in [1.165, 1.54) is 10.4 Å². The van der Waals surface area contributed by atoms with Crippen molar-refractivity contribution in [3.05, 3.63) is 96.1 Å². The number of piperidine rings is 1. The molecule has 1 amide bonds. The van der Waals surface area contributed by atoms with E-state index in [1.807, 2.05) is 60.7 Å². The number of carbonyl (C=O) groups is 1. The van der Waals surface area contributed by atoms with Gasteiger partial charge in [0.1, 0.15) is 0 Å². The third-order valence-corrected chi connectivity index (χ3v) is 7.71. The minimum absolute atomic E-state index is 0.182. The molecule has 1 saturated heterocycles. The topological polar surface area (TPSA) is 57.7 Å². The van der Waals surface area contributed by atoms with Crippen LogP contribution in [0.15, 0.2) is 89.8 Å². The van der Waals surface area contributed by atoms with Gasteiger partial charge in [0, 0.05) is 30.9 Å². The van der Waals surface area contributed by atoms with E-state index in [9.17, 15) is 13.2 Å². The molecule has 0 aliphatic carbocycles. The molecule has 0 N–H and O–H groups in total. The second-order valence-electron chi connectivity index (χ2n) is 8.02. The summed E-state index contributed by atoms with van der Waals surface area (Å²) < 4.78 is 27.8. The van der Waals surface area contributed by atoms with E-state index in [2.05, 4.69) is 0 Å². The van der Waals surface area contributed by atoms with Gasteiger partial charge in [-0.2, -0.15) is 4.31 Å². The molecular formula is C26H28N2O3S. The van der Waals surface area contributed by atoms with Crippen molar-refractivity contribution in [3.8, 4) is 0 Å². The maximum Gasteiger partial charge on any atom is 0.258 e. The van der Waals surface area contributed by atoms with E-state index < -0.39 is 10.0 Å². The fraction of sp³-hybridized carbons (Fsp3) is 0.269. The fourth-order valence-electron chi connectivity index (χ4n) is 4.04. The van der Waals surface area contributed by atoms with Crippen LogP contribution in [-0.4, -0.2) is 38.3 Å². The lowest BCUT2D eigenvalue weighted by atomic mass is 10.1. The molecule has 3 aromatic carbocycles. The Bertz CT molecular complexity index is 1140. The van der Waals surface area contributed by atoms with Crippen LogP contribution in [0.3, 0.4) is 0 Å². The molecule has 0 atom stereocenters. The lowest BCUT2D eigenvalue weighted by molar-refractivity contribution is 0.0987. The molecule has 1 heterocycles. The standard InChI is InChI=1S/C26H28N2O3S/c29-26(23-13-10-16-25(21-23)32(30,31)27-18-8-3-9-19-27)28(24-14-6-2-7-15-24)20-17-22-11-4-1-5-12-22/h1-2,4-7,10-16,21H,3,8-9,17-20H2. The van der Waals surface area contributed by atoms with E-state index in [-0.39, 0.29) is 10.8 Å². The van der Waals surface area contributed by atoms with E-state index in [0.29, 0.717) is 31.6 Å². The normalized spacial score (nSPS) is 14.8. The van der Waals surface area contributed by atoms with Crippen molar-refractivity contribution in [2.45, 2.75) is 30.6 Å². The van der Waals surface area contributed by atoms with E-state index in [1.54, 1.807) is 23.1 Å². The van der Waals surface area contributed by atoms with Gasteiger partial charge in [0.05, 0.1) is 4.90 Å². The van der Waals surface area contributed by atoms with Crippen LogP contribution in [0.1, 0.15) is 35.2 Å². The highest BCUT2D eigenvalue weighted by atomic mass is 32.2. The number of benzene rings is 3. The summed E-state index contributed by atoms with van der Waals surface area (Å²) >= 11 is 0. The minimum atomic E-state index is -3.60. The van der Waals surface area contributed by atoms with Gasteiger partial charge in [0.25, 0.3) is 5.91 Å². The highest BCUT2D eigenvalue weighted by molar-refractivity contribution is 7.89. The SMILES string of the molecule is O=C(c1cccc(S(=O)(=O)N2CCCCC2)c1)N(CCc1ccccc1)c1ccccc1. The Morgan fingerprint density at radius 1 is 0.812 bits per heavy atom. The Kier molecular flexibility index (Phi) is 7.02. The largest absolute Gasteiger partial charge is 0.308 e. The first kappa shape index (κ1) is 22.2. The van der Waals surface area contributed by atoms with E-state index in [0.717, 1.165) is 30.5 Å². The van der Waals surface area contributed by atoms with Crippen LogP contribution < -0.4 is 4.90 Å². The van der Waals surface area contributed by atoms with E-state index in [4.69, 9.17) is 0 Å². The van der Waals surface area contributed by atoms with Crippen molar-refractivity contribution >= 4 is 21.6 Å². The van der Waals surface area contributed by atoms with E-state index >= 15 is 0 Å². The smallest absolute Gasteiger partial charge is 0.258 e. The van der Waals surface area contributed by atoms with Crippen molar-refractivity contribution < 1.29 is 13.2 Å². The quantitative estimate of drug-likeness (QED) is 0.524. The molecule has 5 nitrogen and oxygen atoms in total. The molecule has 0 aromatic heterocycles. The molecule has 0 bridgehead atoms. The molecule has 3 aromatic rings. The van der Waals surface area contributed by atoms with Crippen molar-refractivity contribution in [2.24, 2.45) is 0 Å². The van der Waals surface area contributed by atoms with Gasteiger partial charge in [0.15, 0.2) is 0 Å². The number of nitrogens with zero attached hydrogens (tertiary/aromatic N) is 2. The summed E-state index contributed by atoms with van der Waals surface area (Å²) in [5.41, 5.74) is 2.31. The number of amides is 1. The minimum Gasteiger partial charge on any atom is -0.308 e. The summed E-state index contributed by atoms with van der Waals surface area (Å²) in [5, 5.41) is 0. The lowest BCUT2D eigenvalue weighted by Crippen LogP contribution is -2.36. The molecular weight excluding hydrogens is 420 g/mol. The number of carbonyl (C=O) groups excluding carboxylic acids is 1. The van der Waals surface area contributed by atoms with Gasteiger partial charge in [0.2, 0.25) is 10.0 Å². The molecule has 166 valence electrons. The maximum absolute atomic E-state index is 13.5. The van der Waals surface area contributed by atoms with Gasteiger partial charge in [-0.15, -0.1) is 0 Å². The maximum atomic E-state index is 13.5. The second kappa shape index (κ2) is 10.1. The molecule has 1 aliphatic rings. The van der Waals surface area contributed by atoms with Gasteiger partial charge >= 0.3 is 0 Å². The average molecular weight is 449 g/mol. The van der Waals surface area contributed by atoms with Gasteiger partial charge in [-0.3, -0.25) is 4.79 Å². The number of para-hydroxylation sites is 1. The predicted octanol–water partition coefficient (Wildman–Crippen LogP) is 4.75. The Morgan fingerprint density at radius 2 is 1.47 bits per heavy atom. The van der Waals surface area contributed by atoms with Gasteiger partial charge in [-0.05, 0) is 55.2 Å². The summed E-state index contributed by atoms with van der Waals surface area (Å²) in [6.45, 7) is 1.57. The highest BCUT2D eigenvalue weighted by Crippen LogP contribution is 2.23. The van der Waals surface area contributed by atoms with Crippen LogP contribution in [0.25, 0.3) is 0 Å². The van der Waals surface area contributed by atoms with Crippen LogP contribution in [0, 0.1) is 0 Å². The molecule has 32 heavy (non-hydrogen) atoms. The van der Waals surface area contributed by atoms with Crippen LogP contribution in [0.4, 0.5) is 5.69 Å². The zero-order chi connectivity index (χ0) is 22.4. The molecule has 0 saturated carbocycles. The van der Waals surface area contributed by atoms with Crippen molar-refractivity contribution in [2.75, 3.05) is 24.5 Å². The third-order valence-electron chi connectivity index (χ3n) is 5.81. The Balaban J connectivity index is 1.61. The first-order valence-corrected chi connectivity index (χ1v) is 12.5. The third kappa shape index (κ3) is 5.09. The van der Waals surface area contributed by atoms with Gasteiger partial charge in [-0.25, -0.2) is 8.42 Å². The van der Waals surface area contributed by atoms with Gasteiger partial charge < -0.3 is 4.90 Å². The lowest BCUT2D eigenvalue weighted by Gasteiger charge is -2.26. The Morgan fingerprint density at radius 3 is 2.16 bits per heavy atom. The molecule has 0 unspecified atom stereocenters. The van der Waals surface area contributed by atoms with Crippen molar-refractivity contribution in [1.29, 1.82) is 0 Å². The highest BCUT2D eigenvalue weighted by Gasteiger charge is 2.27. The molecule has 6 heteroatoms. The summed E-state index contributed by atoms with van der Waals surface area (Å²) in [6.07, 6.45) is 3.50. The monoisotopic (exact) mass is 448 g/mol. The van der Waals surface area contributed by atoms with Crippen molar-refractivity contribution in [1.82, 2.24) is 4.31 Å². The Labute approximate surface area is 190 Å².